The van der Waals surface area contributed by atoms with Crippen LogP contribution in [0.1, 0.15) is 12.6 Å². The highest BCUT2D eigenvalue weighted by Crippen LogP contribution is 2.07. The van der Waals surface area contributed by atoms with Crippen LogP contribution in [0.3, 0.4) is 0 Å². The molecule has 0 aliphatic carbocycles. The van der Waals surface area contributed by atoms with Crippen LogP contribution in [0.25, 0.3) is 0 Å². The molecule has 0 radical (unpaired) electrons. The molecular formula is C8H12ClN3O2S. The third-order valence-corrected chi connectivity index (χ3v) is 3.66. The number of nitrogens with zero attached hydrogens (tertiary/aromatic N) is 3. The van der Waals surface area contributed by atoms with Gasteiger partial charge < -0.3 is 0 Å². The van der Waals surface area contributed by atoms with Crippen LogP contribution in [-0.4, -0.2) is 29.2 Å². The number of sulfone groups is 1. The van der Waals surface area contributed by atoms with E-state index in [0.29, 0.717) is 11.3 Å². The molecule has 0 N–H and O–H groups in total. The van der Waals surface area contributed by atoms with E-state index in [0.717, 1.165) is 0 Å². The standard InChI is InChI=1S/C8H12ClN3O2S/c1-7(3-9)5-15(13,14)6-8-4-12(2)11-10-8/h3-4H,5-6H2,1-2H3/b7-3+. The highest BCUT2D eigenvalue weighted by Gasteiger charge is 2.14. The number of aryl methyl sites for hydroxylation is 1. The predicted molar refractivity (Wildman–Crippen MR) is 58.1 cm³/mol. The lowest BCUT2D eigenvalue weighted by Crippen LogP contribution is -2.10. The molecule has 0 aliphatic rings. The van der Waals surface area contributed by atoms with Crippen molar-refractivity contribution in [1.82, 2.24) is 15.0 Å². The number of hydrogen-bond acceptors (Lipinski definition) is 4. The zero-order chi connectivity index (χ0) is 11.5. The molecule has 84 valence electrons. The van der Waals surface area contributed by atoms with Gasteiger partial charge in [0.15, 0.2) is 9.84 Å². The van der Waals surface area contributed by atoms with Crippen LogP contribution in [0, 0.1) is 0 Å². The highest BCUT2D eigenvalue weighted by atomic mass is 35.5. The van der Waals surface area contributed by atoms with Crippen LogP contribution >= 0.6 is 11.6 Å². The van der Waals surface area contributed by atoms with Crippen molar-refractivity contribution in [3.8, 4) is 0 Å². The molecule has 0 amide bonds. The van der Waals surface area contributed by atoms with Crippen molar-refractivity contribution in [2.24, 2.45) is 7.05 Å². The van der Waals surface area contributed by atoms with Gasteiger partial charge in [-0.15, -0.1) is 5.10 Å². The molecule has 0 saturated heterocycles. The van der Waals surface area contributed by atoms with Gasteiger partial charge in [0, 0.05) is 18.8 Å². The first-order valence-electron chi connectivity index (χ1n) is 4.24. The Morgan fingerprint density at radius 2 is 2.33 bits per heavy atom. The SMILES string of the molecule is C/C(=C\Cl)CS(=O)(=O)Cc1cn(C)nn1. The number of hydrogen-bond donors (Lipinski definition) is 0. The molecule has 0 unspecified atom stereocenters. The van der Waals surface area contributed by atoms with Crippen molar-refractivity contribution in [2.75, 3.05) is 5.75 Å². The number of rotatable bonds is 4. The third kappa shape index (κ3) is 4.01. The second-order valence-corrected chi connectivity index (χ2v) is 5.65. The quantitative estimate of drug-likeness (QED) is 0.794. The van der Waals surface area contributed by atoms with Crippen LogP contribution in [0.15, 0.2) is 17.3 Å². The Balaban J connectivity index is 2.73. The van der Waals surface area contributed by atoms with Gasteiger partial charge in [-0.05, 0) is 12.5 Å². The first kappa shape index (κ1) is 12.2. The van der Waals surface area contributed by atoms with Crippen LogP contribution in [0.4, 0.5) is 0 Å². The molecule has 1 aromatic rings. The van der Waals surface area contributed by atoms with Gasteiger partial charge in [-0.25, -0.2) is 8.42 Å². The van der Waals surface area contributed by atoms with Crippen LogP contribution in [0.5, 0.6) is 0 Å². The minimum Gasteiger partial charge on any atom is -0.255 e. The number of halogens is 1. The van der Waals surface area contributed by atoms with Crippen LogP contribution < -0.4 is 0 Å². The lowest BCUT2D eigenvalue weighted by molar-refractivity contribution is 0.596. The average Bonchev–Trinajstić information content (AvgIpc) is 2.49. The smallest absolute Gasteiger partial charge is 0.159 e. The molecule has 15 heavy (non-hydrogen) atoms. The zero-order valence-electron chi connectivity index (χ0n) is 8.51. The Kier molecular flexibility index (Phi) is 3.87. The van der Waals surface area contributed by atoms with E-state index < -0.39 is 9.84 Å². The lowest BCUT2D eigenvalue weighted by atomic mass is 10.4. The van der Waals surface area contributed by atoms with E-state index in [1.807, 2.05) is 0 Å². The molecular weight excluding hydrogens is 238 g/mol. The van der Waals surface area contributed by atoms with Crippen molar-refractivity contribution in [3.05, 3.63) is 23.0 Å². The van der Waals surface area contributed by atoms with Crippen LogP contribution in [-0.2, 0) is 22.6 Å². The van der Waals surface area contributed by atoms with E-state index >= 15 is 0 Å². The molecule has 0 spiro atoms. The maximum Gasteiger partial charge on any atom is 0.159 e. The van der Waals surface area contributed by atoms with E-state index in [1.54, 1.807) is 20.2 Å². The molecule has 0 fully saturated rings. The molecule has 1 rings (SSSR count). The summed E-state index contributed by atoms with van der Waals surface area (Å²) in [6.45, 7) is 1.67. The van der Waals surface area contributed by atoms with Gasteiger partial charge >= 0.3 is 0 Å². The van der Waals surface area contributed by atoms with E-state index in [2.05, 4.69) is 10.3 Å². The fourth-order valence-electron chi connectivity index (χ4n) is 1.12. The van der Waals surface area contributed by atoms with Crippen molar-refractivity contribution in [3.63, 3.8) is 0 Å². The first-order valence-corrected chi connectivity index (χ1v) is 6.50. The summed E-state index contributed by atoms with van der Waals surface area (Å²) in [5, 5.41) is 7.38. The lowest BCUT2D eigenvalue weighted by Gasteiger charge is -2.00. The fourth-order valence-corrected chi connectivity index (χ4v) is 2.75. The Bertz CT molecular complexity index is 464. The third-order valence-electron chi connectivity index (χ3n) is 1.65. The highest BCUT2D eigenvalue weighted by molar-refractivity contribution is 7.90. The van der Waals surface area contributed by atoms with E-state index in [4.69, 9.17) is 11.6 Å². The van der Waals surface area contributed by atoms with Crippen molar-refractivity contribution < 1.29 is 8.42 Å². The maximum absolute atomic E-state index is 11.6. The summed E-state index contributed by atoms with van der Waals surface area (Å²) in [4.78, 5) is 0. The minimum absolute atomic E-state index is 0.0485. The van der Waals surface area contributed by atoms with Crippen molar-refractivity contribution in [2.45, 2.75) is 12.7 Å². The monoisotopic (exact) mass is 249 g/mol. The zero-order valence-corrected chi connectivity index (χ0v) is 10.1. The fraction of sp³-hybridized carbons (Fsp3) is 0.500. The molecule has 1 heterocycles. The van der Waals surface area contributed by atoms with Gasteiger partial charge in [-0.3, -0.25) is 4.68 Å². The number of aromatic nitrogens is 3. The van der Waals surface area contributed by atoms with E-state index in [-0.39, 0.29) is 11.5 Å². The van der Waals surface area contributed by atoms with Gasteiger partial charge in [0.05, 0.1) is 17.2 Å². The maximum atomic E-state index is 11.6. The second-order valence-electron chi connectivity index (χ2n) is 3.37. The summed E-state index contributed by atoms with van der Waals surface area (Å²) in [6, 6.07) is 0. The Morgan fingerprint density at radius 3 is 2.80 bits per heavy atom. The molecule has 0 saturated carbocycles. The van der Waals surface area contributed by atoms with Gasteiger partial charge in [0.1, 0.15) is 0 Å². The van der Waals surface area contributed by atoms with Crippen molar-refractivity contribution >= 4 is 21.4 Å². The van der Waals surface area contributed by atoms with Crippen molar-refractivity contribution in [1.29, 1.82) is 0 Å². The molecule has 0 bridgehead atoms. The van der Waals surface area contributed by atoms with Gasteiger partial charge in [0.25, 0.3) is 0 Å². The summed E-state index contributed by atoms with van der Waals surface area (Å²) >= 11 is 5.41. The Morgan fingerprint density at radius 1 is 1.67 bits per heavy atom. The summed E-state index contributed by atoms with van der Waals surface area (Å²) in [7, 11) is -1.51. The van der Waals surface area contributed by atoms with Crippen LogP contribution in [0.2, 0.25) is 0 Å². The molecule has 7 heteroatoms. The molecule has 0 aliphatic heterocycles. The largest absolute Gasteiger partial charge is 0.255 e. The molecule has 0 aromatic carbocycles. The molecule has 5 nitrogen and oxygen atoms in total. The first-order chi connectivity index (χ1) is 6.93. The van der Waals surface area contributed by atoms with E-state index in [9.17, 15) is 8.42 Å². The minimum atomic E-state index is -3.20. The molecule has 0 atom stereocenters. The Hall–Kier alpha value is -0.880. The Labute approximate surface area is 93.7 Å². The topological polar surface area (TPSA) is 64.8 Å². The second kappa shape index (κ2) is 4.76. The summed E-state index contributed by atoms with van der Waals surface area (Å²) < 4.78 is 24.7. The normalized spacial score (nSPS) is 13.1. The van der Waals surface area contributed by atoms with Gasteiger partial charge in [-0.1, -0.05) is 16.8 Å². The average molecular weight is 250 g/mol. The summed E-state index contributed by atoms with van der Waals surface area (Å²) in [6.07, 6.45) is 1.58. The van der Waals surface area contributed by atoms with Gasteiger partial charge in [0.2, 0.25) is 0 Å². The van der Waals surface area contributed by atoms with E-state index in [1.165, 1.54) is 10.2 Å². The summed E-state index contributed by atoms with van der Waals surface area (Å²) in [5.74, 6) is -0.157. The van der Waals surface area contributed by atoms with Gasteiger partial charge in [-0.2, -0.15) is 0 Å². The summed E-state index contributed by atoms with van der Waals surface area (Å²) in [5.41, 5.74) is 2.33. The predicted octanol–water partition coefficient (Wildman–Crippen LogP) is 0.873. The molecule has 1 aromatic heterocycles.